The number of hydrogen-bond acceptors (Lipinski definition) is 3. The lowest BCUT2D eigenvalue weighted by Gasteiger charge is -2.17. The first kappa shape index (κ1) is 21.7. The third-order valence-corrected chi connectivity index (χ3v) is 5.71. The summed E-state index contributed by atoms with van der Waals surface area (Å²) in [5.74, 6) is -0.0259. The summed E-state index contributed by atoms with van der Waals surface area (Å²) in [5, 5.41) is 11.5. The van der Waals surface area contributed by atoms with Crippen molar-refractivity contribution in [2.75, 3.05) is 6.54 Å². The molecule has 1 aliphatic carbocycles. The molecule has 2 aromatic heterocycles. The Labute approximate surface area is 172 Å². The molecule has 1 aliphatic rings. The summed E-state index contributed by atoms with van der Waals surface area (Å²) in [7, 11) is 0. The molecule has 0 radical (unpaired) electrons. The fourth-order valence-corrected chi connectivity index (χ4v) is 3.55. The Morgan fingerprint density at radius 3 is 2.55 bits per heavy atom. The maximum atomic E-state index is 13.0. The third kappa shape index (κ3) is 4.76. The minimum absolute atomic E-state index is 0.161. The molecule has 1 saturated carbocycles. The first-order valence-electron chi connectivity index (χ1n) is 9.77. The van der Waals surface area contributed by atoms with Gasteiger partial charge in [0.2, 0.25) is 5.91 Å². The standard InChI is InChI=1S/C19H25ClF3N5O/c1-4-14(28-12(3)17(20)11(2)25-28)18(29)24-8-5-9-27-15(13-6-7-13)10-16(26-27)19(21,22)23/h10,13-14H,4-9H2,1-3H3,(H,24,29). The van der Waals surface area contributed by atoms with Gasteiger partial charge in [-0.25, -0.2) is 0 Å². The van der Waals surface area contributed by atoms with Crippen molar-refractivity contribution < 1.29 is 18.0 Å². The third-order valence-electron chi connectivity index (χ3n) is 5.16. The summed E-state index contributed by atoms with van der Waals surface area (Å²) >= 11 is 6.17. The van der Waals surface area contributed by atoms with E-state index in [0.717, 1.165) is 24.6 Å². The van der Waals surface area contributed by atoms with Gasteiger partial charge in [-0.2, -0.15) is 23.4 Å². The number of nitrogens with zero attached hydrogens (tertiary/aromatic N) is 4. The highest BCUT2D eigenvalue weighted by Crippen LogP contribution is 2.42. The first-order valence-corrected chi connectivity index (χ1v) is 10.1. The van der Waals surface area contributed by atoms with Crippen molar-refractivity contribution in [3.05, 3.63) is 33.9 Å². The number of aryl methyl sites for hydroxylation is 2. The van der Waals surface area contributed by atoms with Gasteiger partial charge in [-0.3, -0.25) is 14.2 Å². The van der Waals surface area contributed by atoms with Gasteiger partial charge in [0.1, 0.15) is 6.04 Å². The molecule has 0 bridgehead atoms. The Kier molecular flexibility index (Phi) is 6.26. The smallest absolute Gasteiger partial charge is 0.354 e. The monoisotopic (exact) mass is 431 g/mol. The Bertz CT molecular complexity index is 885. The molecule has 0 aliphatic heterocycles. The van der Waals surface area contributed by atoms with E-state index in [1.807, 2.05) is 13.8 Å². The van der Waals surface area contributed by atoms with E-state index < -0.39 is 17.9 Å². The molecule has 160 valence electrons. The number of alkyl halides is 3. The average Bonchev–Trinajstić information content (AvgIpc) is 3.36. The SMILES string of the molecule is CCC(C(=O)NCCCn1nc(C(F)(F)F)cc1C1CC1)n1nc(C)c(Cl)c1C. The van der Waals surface area contributed by atoms with E-state index in [2.05, 4.69) is 15.5 Å². The molecular formula is C19H25ClF3N5O. The minimum atomic E-state index is -4.45. The highest BCUT2D eigenvalue weighted by molar-refractivity contribution is 6.31. The number of nitrogens with one attached hydrogen (secondary N) is 1. The zero-order valence-electron chi connectivity index (χ0n) is 16.7. The maximum absolute atomic E-state index is 13.0. The summed E-state index contributed by atoms with van der Waals surface area (Å²) in [5.41, 5.74) is 1.18. The summed E-state index contributed by atoms with van der Waals surface area (Å²) < 4.78 is 41.9. The molecule has 1 amide bonds. The molecule has 10 heteroatoms. The van der Waals surface area contributed by atoms with Gasteiger partial charge in [0, 0.05) is 24.7 Å². The Morgan fingerprint density at radius 1 is 1.34 bits per heavy atom. The summed E-state index contributed by atoms with van der Waals surface area (Å²) in [6, 6.07) is 0.667. The van der Waals surface area contributed by atoms with Crippen molar-refractivity contribution in [2.24, 2.45) is 0 Å². The van der Waals surface area contributed by atoms with Gasteiger partial charge in [0.25, 0.3) is 0 Å². The number of amides is 1. The highest BCUT2D eigenvalue weighted by Gasteiger charge is 2.37. The predicted molar refractivity (Wildman–Crippen MR) is 103 cm³/mol. The lowest BCUT2D eigenvalue weighted by atomic mass is 10.2. The molecule has 3 rings (SSSR count). The second kappa shape index (κ2) is 8.38. The number of carbonyl (C=O) groups excluding carboxylic acids is 1. The van der Waals surface area contributed by atoms with Crippen LogP contribution in [0.15, 0.2) is 6.07 Å². The Morgan fingerprint density at radius 2 is 2.03 bits per heavy atom. The zero-order chi connectivity index (χ0) is 21.3. The molecule has 29 heavy (non-hydrogen) atoms. The van der Waals surface area contributed by atoms with Gasteiger partial charge in [0.05, 0.1) is 16.4 Å². The summed E-state index contributed by atoms with van der Waals surface area (Å²) in [4.78, 5) is 12.6. The number of aromatic nitrogens is 4. The molecule has 1 unspecified atom stereocenters. The maximum Gasteiger partial charge on any atom is 0.435 e. The number of halogens is 4. The highest BCUT2D eigenvalue weighted by atomic mass is 35.5. The molecule has 1 fully saturated rings. The lowest BCUT2D eigenvalue weighted by Crippen LogP contribution is -2.34. The summed E-state index contributed by atoms with van der Waals surface area (Å²) in [6.07, 6.45) is -1.63. The Balaban J connectivity index is 1.58. The van der Waals surface area contributed by atoms with Crippen LogP contribution in [0.25, 0.3) is 0 Å². The fourth-order valence-electron chi connectivity index (χ4n) is 3.43. The molecule has 0 spiro atoms. The van der Waals surface area contributed by atoms with Gasteiger partial charge in [-0.15, -0.1) is 0 Å². The van der Waals surface area contributed by atoms with E-state index in [-0.39, 0.29) is 11.8 Å². The van der Waals surface area contributed by atoms with E-state index in [0.29, 0.717) is 42.3 Å². The first-order chi connectivity index (χ1) is 13.6. The van der Waals surface area contributed by atoms with Gasteiger partial charge in [0.15, 0.2) is 5.69 Å². The van der Waals surface area contributed by atoms with Gasteiger partial charge < -0.3 is 5.32 Å². The van der Waals surface area contributed by atoms with Crippen LogP contribution in [0, 0.1) is 13.8 Å². The number of hydrogen-bond donors (Lipinski definition) is 1. The second-order valence-corrected chi connectivity index (χ2v) is 7.83. The fraction of sp³-hybridized carbons (Fsp3) is 0.632. The Hall–Kier alpha value is -2.03. The molecular weight excluding hydrogens is 407 g/mol. The molecule has 0 saturated heterocycles. The minimum Gasteiger partial charge on any atom is -0.354 e. The van der Waals surface area contributed by atoms with Crippen molar-refractivity contribution in [3.63, 3.8) is 0 Å². The van der Waals surface area contributed by atoms with Crippen LogP contribution in [0.3, 0.4) is 0 Å². The normalized spacial score (nSPS) is 15.6. The van der Waals surface area contributed by atoms with Gasteiger partial charge in [-0.1, -0.05) is 18.5 Å². The zero-order valence-corrected chi connectivity index (χ0v) is 17.4. The topological polar surface area (TPSA) is 64.7 Å². The van der Waals surface area contributed by atoms with Gasteiger partial charge >= 0.3 is 6.18 Å². The van der Waals surface area contributed by atoms with Crippen LogP contribution < -0.4 is 5.32 Å². The summed E-state index contributed by atoms with van der Waals surface area (Å²) in [6.45, 7) is 6.15. The van der Waals surface area contributed by atoms with Crippen molar-refractivity contribution in [1.82, 2.24) is 24.9 Å². The molecule has 6 nitrogen and oxygen atoms in total. The largest absolute Gasteiger partial charge is 0.435 e. The molecule has 2 aromatic rings. The van der Waals surface area contributed by atoms with Crippen molar-refractivity contribution in [2.45, 2.75) is 71.1 Å². The van der Waals surface area contributed by atoms with Crippen LogP contribution in [0.1, 0.15) is 67.3 Å². The molecule has 1 atom stereocenters. The predicted octanol–water partition coefficient (Wildman–Crippen LogP) is 4.40. The van der Waals surface area contributed by atoms with Crippen LogP contribution in [0.5, 0.6) is 0 Å². The van der Waals surface area contributed by atoms with E-state index in [9.17, 15) is 18.0 Å². The van der Waals surface area contributed by atoms with Gasteiger partial charge in [-0.05, 0) is 45.6 Å². The van der Waals surface area contributed by atoms with E-state index in [1.165, 1.54) is 4.68 Å². The van der Waals surface area contributed by atoms with Crippen molar-refractivity contribution in [3.8, 4) is 0 Å². The van der Waals surface area contributed by atoms with E-state index >= 15 is 0 Å². The molecule has 1 N–H and O–H groups in total. The van der Waals surface area contributed by atoms with Crippen LogP contribution in [0.4, 0.5) is 13.2 Å². The van der Waals surface area contributed by atoms with Crippen LogP contribution in [-0.2, 0) is 17.5 Å². The number of carbonyl (C=O) groups is 1. The van der Waals surface area contributed by atoms with Crippen molar-refractivity contribution >= 4 is 17.5 Å². The van der Waals surface area contributed by atoms with E-state index in [1.54, 1.807) is 11.6 Å². The molecule has 0 aromatic carbocycles. The average molecular weight is 432 g/mol. The van der Waals surface area contributed by atoms with E-state index in [4.69, 9.17) is 11.6 Å². The van der Waals surface area contributed by atoms with Crippen LogP contribution in [-0.4, -0.2) is 32.0 Å². The van der Waals surface area contributed by atoms with Crippen LogP contribution in [0.2, 0.25) is 5.02 Å². The lowest BCUT2D eigenvalue weighted by molar-refractivity contribution is -0.141. The quantitative estimate of drug-likeness (QED) is 0.630. The molecule has 2 heterocycles. The van der Waals surface area contributed by atoms with Crippen molar-refractivity contribution in [1.29, 1.82) is 0 Å². The second-order valence-electron chi connectivity index (χ2n) is 7.45. The number of rotatable bonds is 8. The van der Waals surface area contributed by atoms with Crippen LogP contribution >= 0.6 is 11.6 Å².